The molecule has 100 valence electrons. The molecule has 0 saturated heterocycles. The van der Waals surface area contributed by atoms with E-state index >= 15 is 0 Å². The summed E-state index contributed by atoms with van der Waals surface area (Å²) in [6, 6.07) is 10.1. The van der Waals surface area contributed by atoms with Crippen LogP contribution in [-0.2, 0) is 6.61 Å². The van der Waals surface area contributed by atoms with Crippen LogP contribution < -0.4 is 10.5 Å². The highest BCUT2D eigenvalue weighted by Gasteiger charge is 2.05. The molecule has 0 fully saturated rings. The quantitative estimate of drug-likeness (QED) is 0.907. The average Bonchev–Trinajstić information content (AvgIpc) is 2.37. The molecule has 0 spiro atoms. The van der Waals surface area contributed by atoms with E-state index in [1.807, 2.05) is 12.1 Å². The Labute approximate surface area is 114 Å². The van der Waals surface area contributed by atoms with Crippen molar-refractivity contribution in [2.75, 3.05) is 5.73 Å². The number of ether oxygens (including phenoxy) is 1. The van der Waals surface area contributed by atoms with Gasteiger partial charge in [-0.25, -0.2) is 4.98 Å². The third-order valence-electron chi connectivity index (χ3n) is 3.12. The van der Waals surface area contributed by atoms with Gasteiger partial charge in [0.05, 0.1) is 0 Å². The molecular formula is C16H20N2O. The molecule has 0 unspecified atom stereocenters. The molecule has 0 aliphatic carbocycles. The van der Waals surface area contributed by atoms with Crippen molar-refractivity contribution in [1.29, 1.82) is 0 Å². The fraction of sp³-hybridized carbons (Fsp3) is 0.312. The number of hydrogen-bond donors (Lipinski definition) is 1. The van der Waals surface area contributed by atoms with Crippen molar-refractivity contribution in [2.24, 2.45) is 0 Å². The number of rotatable bonds is 4. The van der Waals surface area contributed by atoms with Crippen LogP contribution in [0.3, 0.4) is 0 Å². The van der Waals surface area contributed by atoms with Crippen LogP contribution in [-0.4, -0.2) is 4.98 Å². The Balaban J connectivity index is 2.12. The van der Waals surface area contributed by atoms with Gasteiger partial charge < -0.3 is 10.5 Å². The molecule has 0 radical (unpaired) electrons. The van der Waals surface area contributed by atoms with Crippen molar-refractivity contribution in [3.8, 4) is 5.75 Å². The highest BCUT2D eigenvalue weighted by Crippen LogP contribution is 2.25. The molecule has 0 saturated carbocycles. The Bertz CT molecular complexity index is 564. The Morgan fingerprint density at radius 1 is 1.21 bits per heavy atom. The third kappa shape index (κ3) is 3.47. The Morgan fingerprint density at radius 3 is 2.68 bits per heavy atom. The maximum absolute atomic E-state index is 5.89. The maximum Gasteiger partial charge on any atom is 0.123 e. The summed E-state index contributed by atoms with van der Waals surface area (Å²) < 4.78 is 5.89. The highest BCUT2D eigenvalue weighted by atomic mass is 16.5. The van der Waals surface area contributed by atoms with E-state index in [4.69, 9.17) is 10.5 Å². The highest BCUT2D eigenvalue weighted by molar-refractivity contribution is 5.38. The van der Waals surface area contributed by atoms with E-state index in [1.165, 1.54) is 5.56 Å². The minimum atomic E-state index is 0.500. The number of hydrogen-bond acceptors (Lipinski definition) is 3. The van der Waals surface area contributed by atoms with Gasteiger partial charge in [0.2, 0.25) is 0 Å². The summed E-state index contributed by atoms with van der Waals surface area (Å²) in [5.74, 6) is 1.95. The molecule has 1 aromatic carbocycles. The molecular weight excluding hydrogens is 236 g/mol. The molecule has 19 heavy (non-hydrogen) atoms. The van der Waals surface area contributed by atoms with Crippen LogP contribution >= 0.6 is 0 Å². The van der Waals surface area contributed by atoms with Crippen LogP contribution in [0.2, 0.25) is 0 Å². The summed E-state index contributed by atoms with van der Waals surface area (Å²) in [4.78, 5) is 3.97. The van der Waals surface area contributed by atoms with Crippen molar-refractivity contribution in [3.05, 3.63) is 53.2 Å². The number of pyridine rings is 1. The van der Waals surface area contributed by atoms with E-state index in [-0.39, 0.29) is 0 Å². The van der Waals surface area contributed by atoms with Gasteiger partial charge in [-0.2, -0.15) is 0 Å². The zero-order chi connectivity index (χ0) is 13.8. The van der Waals surface area contributed by atoms with Gasteiger partial charge in [-0.1, -0.05) is 26.0 Å². The molecule has 3 heteroatoms. The van der Waals surface area contributed by atoms with E-state index in [9.17, 15) is 0 Å². The van der Waals surface area contributed by atoms with Gasteiger partial charge in [0, 0.05) is 6.20 Å². The first kappa shape index (κ1) is 13.4. The molecule has 0 aliphatic heterocycles. The van der Waals surface area contributed by atoms with Crippen molar-refractivity contribution in [2.45, 2.75) is 33.3 Å². The van der Waals surface area contributed by atoms with E-state index in [0.717, 1.165) is 16.9 Å². The first-order valence-corrected chi connectivity index (χ1v) is 6.50. The van der Waals surface area contributed by atoms with Crippen molar-refractivity contribution < 1.29 is 4.74 Å². The summed E-state index contributed by atoms with van der Waals surface area (Å²) >= 11 is 0. The number of nitrogens with two attached hydrogens (primary N) is 1. The Hall–Kier alpha value is -2.03. The van der Waals surface area contributed by atoms with E-state index < -0.39 is 0 Å². The second-order valence-electron chi connectivity index (χ2n) is 5.06. The lowest BCUT2D eigenvalue weighted by atomic mass is 10.0. The minimum Gasteiger partial charge on any atom is -0.489 e. The smallest absolute Gasteiger partial charge is 0.123 e. The summed E-state index contributed by atoms with van der Waals surface area (Å²) in [7, 11) is 0. The second-order valence-corrected chi connectivity index (χ2v) is 5.06. The lowest BCUT2D eigenvalue weighted by Crippen LogP contribution is -2.00. The molecule has 0 aliphatic rings. The first-order chi connectivity index (χ1) is 9.06. The van der Waals surface area contributed by atoms with Crippen molar-refractivity contribution in [1.82, 2.24) is 4.98 Å². The van der Waals surface area contributed by atoms with Gasteiger partial charge in [-0.3, -0.25) is 0 Å². The molecule has 1 aromatic heterocycles. The third-order valence-corrected chi connectivity index (χ3v) is 3.12. The van der Waals surface area contributed by atoms with Gasteiger partial charge in [0.15, 0.2) is 0 Å². The molecule has 3 nitrogen and oxygen atoms in total. The Kier molecular flexibility index (Phi) is 4.05. The first-order valence-electron chi connectivity index (χ1n) is 6.50. The van der Waals surface area contributed by atoms with E-state index in [2.05, 4.69) is 44.0 Å². The molecule has 1 heterocycles. The molecule has 2 aromatic rings. The standard InChI is InChI=1S/C16H20N2O/c1-11(2)14-5-4-12(3)15(9-14)19-10-13-6-7-18-16(17)8-13/h4-9,11H,10H2,1-3H3,(H2,17,18). The lowest BCUT2D eigenvalue weighted by molar-refractivity contribution is 0.303. The van der Waals surface area contributed by atoms with Crippen molar-refractivity contribution >= 4 is 5.82 Å². The second kappa shape index (κ2) is 5.74. The number of anilines is 1. The predicted molar refractivity (Wildman–Crippen MR) is 78.2 cm³/mol. The molecule has 2 N–H and O–H groups in total. The topological polar surface area (TPSA) is 48.1 Å². The Morgan fingerprint density at radius 2 is 2.00 bits per heavy atom. The maximum atomic E-state index is 5.89. The summed E-state index contributed by atoms with van der Waals surface area (Å²) in [5.41, 5.74) is 9.12. The number of aromatic nitrogens is 1. The number of nitrogen functional groups attached to an aromatic ring is 1. The van der Waals surface area contributed by atoms with Gasteiger partial charge in [-0.05, 0) is 47.7 Å². The average molecular weight is 256 g/mol. The fourth-order valence-corrected chi connectivity index (χ4v) is 1.88. The van der Waals surface area contributed by atoms with Crippen LogP contribution in [0.1, 0.15) is 36.5 Å². The zero-order valence-electron chi connectivity index (χ0n) is 11.7. The summed E-state index contributed by atoms with van der Waals surface area (Å²) in [6.45, 7) is 6.92. The molecule has 0 amide bonds. The molecule has 0 atom stereocenters. The van der Waals surface area contributed by atoms with Crippen LogP contribution in [0.15, 0.2) is 36.5 Å². The van der Waals surface area contributed by atoms with Crippen LogP contribution in [0.5, 0.6) is 5.75 Å². The normalized spacial score (nSPS) is 10.7. The van der Waals surface area contributed by atoms with Gasteiger partial charge in [0.1, 0.15) is 18.2 Å². The van der Waals surface area contributed by atoms with Crippen LogP contribution in [0.25, 0.3) is 0 Å². The van der Waals surface area contributed by atoms with Gasteiger partial charge in [-0.15, -0.1) is 0 Å². The predicted octanol–water partition coefficient (Wildman–Crippen LogP) is 3.67. The molecule has 2 rings (SSSR count). The molecule has 0 bridgehead atoms. The van der Waals surface area contributed by atoms with E-state index in [1.54, 1.807) is 6.20 Å². The monoisotopic (exact) mass is 256 g/mol. The number of aryl methyl sites for hydroxylation is 1. The number of benzene rings is 1. The largest absolute Gasteiger partial charge is 0.489 e. The minimum absolute atomic E-state index is 0.500. The van der Waals surface area contributed by atoms with Crippen LogP contribution in [0, 0.1) is 6.92 Å². The van der Waals surface area contributed by atoms with Gasteiger partial charge >= 0.3 is 0 Å². The van der Waals surface area contributed by atoms with Crippen molar-refractivity contribution in [3.63, 3.8) is 0 Å². The SMILES string of the molecule is Cc1ccc(C(C)C)cc1OCc1ccnc(N)c1. The fourth-order valence-electron chi connectivity index (χ4n) is 1.88. The summed E-state index contributed by atoms with van der Waals surface area (Å²) in [5, 5.41) is 0. The number of nitrogens with zero attached hydrogens (tertiary/aromatic N) is 1. The van der Waals surface area contributed by atoms with Gasteiger partial charge in [0.25, 0.3) is 0 Å². The van der Waals surface area contributed by atoms with E-state index in [0.29, 0.717) is 18.3 Å². The van der Waals surface area contributed by atoms with Crippen LogP contribution in [0.4, 0.5) is 5.82 Å². The lowest BCUT2D eigenvalue weighted by Gasteiger charge is -2.13. The summed E-state index contributed by atoms with van der Waals surface area (Å²) in [6.07, 6.45) is 1.70. The zero-order valence-corrected chi connectivity index (χ0v) is 11.7.